The smallest absolute Gasteiger partial charge is 0.229 e. The molecule has 1 aromatic heterocycles. The van der Waals surface area contributed by atoms with Gasteiger partial charge in [0.2, 0.25) is 11.8 Å². The van der Waals surface area contributed by atoms with E-state index in [0.717, 1.165) is 12.2 Å². The predicted molar refractivity (Wildman–Crippen MR) is 96.3 cm³/mol. The number of likely N-dealkylation sites (tertiary alicyclic amines) is 1. The third-order valence-electron chi connectivity index (χ3n) is 5.43. The van der Waals surface area contributed by atoms with E-state index in [1.54, 1.807) is 4.68 Å². The Morgan fingerprint density at radius 2 is 1.96 bits per heavy atom. The lowest BCUT2D eigenvalue weighted by Crippen LogP contribution is -2.56. The standard InChI is InChI=1S/C18H29N5O3/c1-13-10-22(17(25)8-14-11-20(2)12-16(14)24)6-7-23(13)18(26)9-15-4-5-21(3)19-15/h4-5,13-14,16,24H,6-12H2,1-3H3/t13-,14+,16+/m0/s1. The van der Waals surface area contributed by atoms with E-state index < -0.39 is 6.10 Å². The average Bonchev–Trinajstić information content (AvgIpc) is 3.11. The summed E-state index contributed by atoms with van der Waals surface area (Å²) in [6.45, 7) is 5.01. The van der Waals surface area contributed by atoms with E-state index in [4.69, 9.17) is 0 Å². The fourth-order valence-corrected chi connectivity index (χ4v) is 3.99. The largest absolute Gasteiger partial charge is 0.391 e. The molecule has 2 saturated heterocycles. The van der Waals surface area contributed by atoms with Gasteiger partial charge in [0.25, 0.3) is 0 Å². The van der Waals surface area contributed by atoms with Crippen LogP contribution in [0, 0.1) is 5.92 Å². The van der Waals surface area contributed by atoms with Gasteiger partial charge in [-0.25, -0.2) is 0 Å². The minimum absolute atomic E-state index is 0.00613. The molecule has 0 spiro atoms. The highest BCUT2D eigenvalue weighted by molar-refractivity contribution is 5.80. The van der Waals surface area contributed by atoms with Crippen LogP contribution in [0.15, 0.2) is 12.3 Å². The molecule has 3 rings (SSSR count). The van der Waals surface area contributed by atoms with Crippen LogP contribution in [0.25, 0.3) is 0 Å². The molecule has 2 fully saturated rings. The summed E-state index contributed by atoms with van der Waals surface area (Å²) in [5, 5.41) is 14.3. The molecule has 1 N–H and O–H groups in total. The van der Waals surface area contributed by atoms with Gasteiger partial charge >= 0.3 is 0 Å². The number of β-amino-alcohol motifs (C(OH)–C–C–N with tert-alkyl or cyclic N) is 1. The van der Waals surface area contributed by atoms with Gasteiger partial charge in [-0.05, 0) is 20.0 Å². The number of hydrogen-bond donors (Lipinski definition) is 1. The number of hydrogen-bond acceptors (Lipinski definition) is 5. The number of rotatable bonds is 4. The first kappa shape index (κ1) is 18.8. The van der Waals surface area contributed by atoms with Crippen molar-refractivity contribution in [2.75, 3.05) is 39.8 Å². The Labute approximate surface area is 154 Å². The Hall–Kier alpha value is -1.93. The molecule has 3 atom stereocenters. The summed E-state index contributed by atoms with van der Waals surface area (Å²) in [6.07, 6.45) is 2.07. The minimum atomic E-state index is -0.428. The molecule has 0 bridgehead atoms. The monoisotopic (exact) mass is 363 g/mol. The van der Waals surface area contributed by atoms with E-state index in [0.29, 0.717) is 39.0 Å². The molecule has 2 amide bonds. The average molecular weight is 363 g/mol. The van der Waals surface area contributed by atoms with Crippen LogP contribution in [0.4, 0.5) is 0 Å². The number of nitrogens with zero attached hydrogens (tertiary/aromatic N) is 5. The lowest BCUT2D eigenvalue weighted by Gasteiger charge is -2.40. The third kappa shape index (κ3) is 4.24. The third-order valence-corrected chi connectivity index (χ3v) is 5.43. The minimum Gasteiger partial charge on any atom is -0.391 e. The molecule has 0 unspecified atom stereocenters. The lowest BCUT2D eigenvalue weighted by atomic mass is 10.0. The van der Waals surface area contributed by atoms with Crippen molar-refractivity contribution in [3.05, 3.63) is 18.0 Å². The molecule has 0 aromatic carbocycles. The Kier molecular flexibility index (Phi) is 5.62. The molecule has 2 aliphatic rings. The number of piperazine rings is 1. The zero-order valence-corrected chi connectivity index (χ0v) is 15.8. The van der Waals surface area contributed by atoms with Gasteiger partial charge in [-0.3, -0.25) is 14.3 Å². The summed E-state index contributed by atoms with van der Waals surface area (Å²) in [7, 11) is 3.79. The van der Waals surface area contributed by atoms with Crippen LogP contribution in [0.1, 0.15) is 19.0 Å². The molecular formula is C18H29N5O3. The molecule has 0 saturated carbocycles. The number of carbonyl (C=O) groups is 2. The van der Waals surface area contributed by atoms with Crippen LogP contribution < -0.4 is 0 Å². The number of aliphatic hydroxyl groups is 1. The van der Waals surface area contributed by atoms with Crippen LogP contribution in [0.5, 0.6) is 0 Å². The van der Waals surface area contributed by atoms with E-state index in [-0.39, 0.29) is 23.8 Å². The van der Waals surface area contributed by atoms with Crippen molar-refractivity contribution in [2.24, 2.45) is 13.0 Å². The predicted octanol–water partition coefficient (Wildman–Crippen LogP) is -0.665. The van der Waals surface area contributed by atoms with Gasteiger partial charge in [-0.2, -0.15) is 5.10 Å². The molecule has 144 valence electrons. The molecule has 2 aliphatic heterocycles. The fourth-order valence-electron chi connectivity index (χ4n) is 3.99. The van der Waals surface area contributed by atoms with Crippen LogP contribution in [0.3, 0.4) is 0 Å². The summed E-state index contributed by atoms with van der Waals surface area (Å²) in [5.41, 5.74) is 0.766. The first-order chi connectivity index (χ1) is 12.3. The number of aliphatic hydroxyl groups excluding tert-OH is 1. The van der Waals surface area contributed by atoms with E-state index in [1.165, 1.54) is 0 Å². The van der Waals surface area contributed by atoms with E-state index in [1.807, 2.05) is 43.1 Å². The van der Waals surface area contributed by atoms with Gasteiger partial charge in [0.15, 0.2) is 0 Å². The second-order valence-corrected chi connectivity index (χ2v) is 7.69. The van der Waals surface area contributed by atoms with Crippen molar-refractivity contribution < 1.29 is 14.7 Å². The number of aromatic nitrogens is 2. The maximum Gasteiger partial charge on any atom is 0.229 e. The number of amides is 2. The van der Waals surface area contributed by atoms with Crippen molar-refractivity contribution in [3.8, 4) is 0 Å². The second-order valence-electron chi connectivity index (χ2n) is 7.69. The van der Waals surface area contributed by atoms with Crippen molar-refractivity contribution in [3.63, 3.8) is 0 Å². The van der Waals surface area contributed by atoms with Crippen LogP contribution in [0.2, 0.25) is 0 Å². The van der Waals surface area contributed by atoms with Crippen molar-refractivity contribution in [1.82, 2.24) is 24.5 Å². The summed E-state index contributed by atoms with van der Waals surface area (Å²) >= 11 is 0. The summed E-state index contributed by atoms with van der Waals surface area (Å²) < 4.78 is 1.69. The highest BCUT2D eigenvalue weighted by atomic mass is 16.3. The molecule has 0 aliphatic carbocycles. The quantitative estimate of drug-likeness (QED) is 0.768. The van der Waals surface area contributed by atoms with Gasteiger partial charge < -0.3 is 19.8 Å². The Balaban J connectivity index is 1.51. The molecule has 0 radical (unpaired) electrons. The summed E-state index contributed by atoms with van der Waals surface area (Å²) in [5.74, 6) is 0.135. The Bertz CT molecular complexity index is 661. The van der Waals surface area contributed by atoms with Crippen molar-refractivity contribution in [2.45, 2.75) is 31.9 Å². The molecule has 1 aromatic rings. The van der Waals surface area contributed by atoms with Gasteiger partial charge in [-0.1, -0.05) is 0 Å². The van der Waals surface area contributed by atoms with E-state index in [2.05, 4.69) is 10.00 Å². The highest BCUT2D eigenvalue weighted by Gasteiger charge is 2.34. The maximum absolute atomic E-state index is 12.6. The maximum atomic E-state index is 12.6. The number of likely N-dealkylation sites (N-methyl/N-ethyl adjacent to an activating group) is 1. The molecule has 8 heteroatoms. The molecule has 26 heavy (non-hydrogen) atoms. The second kappa shape index (κ2) is 7.75. The summed E-state index contributed by atoms with van der Waals surface area (Å²) in [6, 6.07) is 1.84. The number of carbonyl (C=O) groups excluding carboxylic acids is 2. The molecule has 8 nitrogen and oxygen atoms in total. The first-order valence-corrected chi connectivity index (χ1v) is 9.26. The van der Waals surface area contributed by atoms with E-state index >= 15 is 0 Å². The van der Waals surface area contributed by atoms with Gasteiger partial charge in [0.05, 0.1) is 18.2 Å². The normalized spacial score (nSPS) is 27.2. The number of aryl methyl sites for hydroxylation is 1. The zero-order chi connectivity index (χ0) is 18.8. The Morgan fingerprint density at radius 3 is 2.54 bits per heavy atom. The van der Waals surface area contributed by atoms with Gasteiger partial charge in [0.1, 0.15) is 0 Å². The van der Waals surface area contributed by atoms with Crippen LogP contribution in [-0.2, 0) is 23.1 Å². The van der Waals surface area contributed by atoms with Gasteiger partial charge in [0, 0.05) is 64.3 Å². The zero-order valence-electron chi connectivity index (χ0n) is 15.8. The lowest BCUT2D eigenvalue weighted by molar-refractivity contribution is -0.142. The van der Waals surface area contributed by atoms with Crippen LogP contribution in [-0.4, -0.2) is 93.3 Å². The van der Waals surface area contributed by atoms with E-state index in [9.17, 15) is 14.7 Å². The topological polar surface area (TPSA) is 81.9 Å². The summed E-state index contributed by atoms with van der Waals surface area (Å²) in [4.78, 5) is 30.9. The van der Waals surface area contributed by atoms with Crippen molar-refractivity contribution >= 4 is 11.8 Å². The van der Waals surface area contributed by atoms with Crippen LogP contribution >= 0.6 is 0 Å². The fraction of sp³-hybridized carbons (Fsp3) is 0.722. The van der Waals surface area contributed by atoms with Crippen molar-refractivity contribution in [1.29, 1.82) is 0 Å². The Morgan fingerprint density at radius 1 is 1.19 bits per heavy atom. The van der Waals surface area contributed by atoms with Gasteiger partial charge in [-0.15, -0.1) is 0 Å². The first-order valence-electron chi connectivity index (χ1n) is 9.26. The highest BCUT2D eigenvalue weighted by Crippen LogP contribution is 2.21. The SMILES string of the molecule is C[C@H]1CN(C(=O)C[C@@H]2CN(C)C[C@H]2O)CCN1C(=O)Cc1ccn(C)n1. The molecular weight excluding hydrogens is 334 g/mol. The molecule has 3 heterocycles.